The van der Waals surface area contributed by atoms with Crippen molar-refractivity contribution in [2.24, 2.45) is 0 Å². The Kier molecular flexibility index (Phi) is 4.56. The third-order valence-electron chi connectivity index (χ3n) is 3.86. The van der Waals surface area contributed by atoms with Crippen LogP contribution in [-0.2, 0) is 6.42 Å². The number of imidazole rings is 1. The van der Waals surface area contributed by atoms with Gasteiger partial charge in [0.25, 0.3) is 5.91 Å². The molecule has 0 atom stereocenters. The predicted octanol–water partition coefficient (Wildman–Crippen LogP) is 3.31. The summed E-state index contributed by atoms with van der Waals surface area (Å²) in [7, 11) is 3.05. The normalized spacial score (nSPS) is 10.7. The van der Waals surface area contributed by atoms with Crippen molar-refractivity contribution in [1.82, 2.24) is 9.38 Å². The lowest BCUT2D eigenvalue weighted by atomic mass is 10.2. The van der Waals surface area contributed by atoms with E-state index in [1.165, 1.54) is 36.9 Å². The summed E-state index contributed by atoms with van der Waals surface area (Å²) in [4.78, 5) is 17.2. The smallest absolute Gasteiger partial charge is 0.274 e. The van der Waals surface area contributed by atoms with E-state index < -0.39 is 11.7 Å². The van der Waals surface area contributed by atoms with Crippen LogP contribution in [0.15, 0.2) is 36.5 Å². The van der Waals surface area contributed by atoms with Gasteiger partial charge in [0.2, 0.25) is 0 Å². The summed E-state index contributed by atoms with van der Waals surface area (Å²) in [5.74, 6) is 0.227. The number of carbonyl (C=O) groups is 1. The Bertz CT molecular complexity index is 937. The average Bonchev–Trinajstić information content (AvgIpc) is 2.99. The van der Waals surface area contributed by atoms with Crippen LogP contribution in [0.5, 0.6) is 11.5 Å². The van der Waals surface area contributed by atoms with Gasteiger partial charge < -0.3 is 14.8 Å². The number of amides is 1. The van der Waals surface area contributed by atoms with Gasteiger partial charge in [-0.15, -0.1) is 0 Å². The van der Waals surface area contributed by atoms with E-state index in [2.05, 4.69) is 10.3 Å². The first kappa shape index (κ1) is 16.8. The molecule has 2 aromatic heterocycles. The maximum atomic E-state index is 13.6. The van der Waals surface area contributed by atoms with Crippen molar-refractivity contribution in [1.29, 1.82) is 0 Å². The fourth-order valence-electron chi connectivity index (χ4n) is 2.65. The van der Waals surface area contributed by atoms with Gasteiger partial charge in [0, 0.05) is 12.3 Å². The summed E-state index contributed by atoms with van der Waals surface area (Å²) < 4.78 is 25.5. The van der Waals surface area contributed by atoms with E-state index in [-0.39, 0.29) is 0 Å². The number of pyridine rings is 1. The van der Waals surface area contributed by atoms with Crippen LogP contribution in [0.3, 0.4) is 0 Å². The zero-order chi connectivity index (χ0) is 18.0. The molecule has 0 aliphatic rings. The standard InChI is InChI=1S/C18H18FN3O3/c1-4-13-17(22-10-11(19)5-8-16(22)20-13)18(23)21-14-9-12(24-2)6-7-15(14)25-3/h5-10H,4H2,1-3H3,(H,21,23). The van der Waals surface area contributed by atoms with Crippen LogP contribution in [0.25, 0.3) is 5.65 Å². The molecule has 130 valence electrons. The van der Waals surface area contributed by atoms with Gasteiger partial charge in [-0.3, -0.25) is 9.20 Å². The zero-order valence-corrected chi connectivity index (χ0v) is 14.2. The topological polar surface area (TPSA) is 64.9 Å². The number of nitrogens with zero attached hydrogens (tertiary/aromatic N) is 2. The first-order valence-electron chi connectivity index (χ1n) is 7.77. The number of nitrogens with one attached hydrogen (secondary N) is 1. The van der Waals surface area contributed by atoms with Crippen LogP contribution in [-0.4, -0.2) is 29.5 Å². The fraction of sp³-hybridized carbons (Fsp3) is 0.222. The van der Waals surface area contributed by atoms with E-state index in [0.717, 1.165) is 0 Å². The van der Waals surface area contributed by atoms with Gasteiger partial charge >= 0.3 is 0 Å². The minimum absolute atomic E-state index is 0.293. The number of fused-ring (bicyclic) bond motifs is 1. The monoisotopic (exact) mass is 343 g/mol. The van der Waals surface area contributed by atoms with Gasteiger partial charge in [-0.2, -0.15) is 0 Å². The lowest BCUT2D eigenvalue weighted by Crippen LogP contribution is -2.17. The number of rotatable bonds is 5. The molecule has 1 N–H and O–H groups in total. The number of carbonyl (C=O) groups excluding carboxylic acids is 1. The largest absolute Gasteiger partial charge is 0.497 e. The van der Waals surface area contributed by atoms with Crippen LogP contribution in [0.4, 0.5) is 10.1 Å². The molecule has 25 heavy (non-hydrogen) atoms. The van der Waals surface area contributed by atoms with E-state index in [9.17, 15) is 9.18 Å². The van der Waals surface area contributed by atoms with Crippen LogP contribution in [0.2, 0.25) is 0 Å². The summed E-state index contributed by atoms with van der Waals surface area (Å²) >= 11 is 0. The van der Waals surface area contributed by atoms with E-state index in [1.54, 1.807) is 18.2 Å². The highest BCUT2D eigenvalue weighted by molar-refractivity contribution is 6.05. The van der Waals surface area contributed by atoms with Gasteiger partial charge in [0.15, 0.2) is 0 Å². The molecular weight excluding hydrogens is 325 g/mol. The van der Waals surface area contributed by atoms with Gasteiger partial charge in [-0.1, -0.05) is 6.92 Å². The van der Waals surface area contributed by atoms with Crippen LogP contribution >= 0.6 is 0 Å². The minimum atomic E-state index is -0.444. The summed E-state index contributed by atoms with van der Waals surface area (Å²) in [5.41, 5.74) is 1.85. The van der Waals surface area contributed by atoms with E-state index in [4.69, 9.17) is 9.47 Å². The number of aryl methyl sites for hydroxylation is 1. The second-order valence-electron chi connectivity index (χ2n) is 5.36. The van der Waals surface area contributed by atoms with Crippen LogP contribution < -0.4 is 14.8 Å². The van der Waals surface area contributed by atoms with Gasteiger partial charge in [-0.05, 0) is 30.7 Å². The van der Waals surface area contributed by atoms with Crippen molar-refractivity contribution < 1.29 is 18.7 Å². The number of methoxy groups -OCH3 is 2. The lowest BCUT2D eigenvalue weighted by Gasteiger charge is -2.12. The molecule has 1 amide bonds. The maximum absolute atomic E-state index is 13.6. The Morgan fingerprint density at radius 1 is 1.24 bits per heavy atom. The van der Waals surface area contributed by atoms with Gasteiger partial charge in [0.1, 0.15) is 28.7 Å². The summed E-state index contributed by atoms with van der Waals surface area (Å²) in [5, 5.41) is 2.80. The Morgan fingerprint density at radius 3 is 2.72 bits per heavy atom. The molecule has 0 spiro atoms. The van der Waals surface area contributed by atoms with E-state index in [0.29, 0.717) is 40.6 Å². The van der Waals surface area contributed by atoms with Crippen molar-refractivity contribution in [3.8, 4) is 11.5 Å². The minimum Gasteiger partial charge on any atom is -0.497 e. The van der Waals surface area contributed by atoms with Crippen molar-refractivity contribution in [3.05, 3.63) is 53.7 Å². The SMILES string of the molecule is CCc1nc2ccc(F)cn2c1C(=O)Nc1cc(OC)ccc1OC. The second-order valence-corrected chi connectivity index (χ2v) is 5.36. The number of benzene rings is 1. The molecular formula is C18H18FN3O3. The molecule has 3 aromatic rings. The third kappa shape index (κ3) is 3.13. The second kappa shape index (κ2) is 6.80. The molecule has 3 rings (SSSR count). The summed E-state index contributed by atoms with van der Waals surface area (Å²) in [6.07, 6.45) is 1.79. The summed E-state index contributed by atoms with van der Waals surface area (Å²) in [6.45, 7) is 1.89. The average molecular weight is 343 g/mol. The number of hydrogen-bond acceptors (Lipinski definition) is 4. The molecule has 0 fully saturated rings. The van der Waals surface area contributed by atoms with Gasteiger partial charge in [-0.25, -0.2) is 9.37 Å². The first-order chi connectivity index (χ1) is 12.1. The fourth-order valence-corrected chi connectivity index (χ4v) is 2.65. The summed E-state index contributed by atoms with van der Waals surface area (Å²) in [6, 6.07) is 7.94. The molecule has 0 unspecified atom stereocenters. The van der Waals surface area contributed by atoms with Crippen molar-refractivity contribution in [2.75, 3.05) is 19.5 Å². The molecule has 0 aliphatic carbocycles. The Labute approximate surface area is 144 Å². The zero-order valence-electron chi connectivity index (χ0n) is 14.2. The molecule has 0 aliphatic heterocycles. The molecule has 0 bridgehead atoms. The molecule has 6 nitrogen and oxygen atoms in total. The molecule has 0 saturated heterocycles. The van der Waals surface area contributed by atoms with E-state index in [1.807, 2.05) is 6.92 Å². The van der Waals surface area contributed by atoms with Gasteiger partial charge in [0.05, 0.1) is 25.6 Å². The first-order valence-corrected chi connectivity index (χ1v) is 7.77. The highest BCUT2D eigenvalue weighted by atomic mass is 19.1. The molecule has 0 saturated carbocycles. The lowest BCUT2D eigenvalue weighted by molar-refractivity contribution is 0.102. The molecule has 2 heterocycles. The van der Waals surface area contributed by atoms with Crippen molar-refractivity contribution in [3.63, 3.8) is 0 Å². The maximum Gasteiger partial charge on any atom is 0.274 e. The number of hydrogen-bond donors (Lipinski definition) is 1. The Morgan fingerprint density at radius 2 is 2.04 bits per heavy atom. The number of aromatic nitrogens is 2. The highest BCUT2D eigenvalue weighted by Crippen LogP contribution is 2.29. The molecule has 7 heteroatoms. The third-order valence-corrected chi connectivity index (χ3v) is 3.86. The quantitative estimate of drug-likeness (QED) is 0.772. The van der Waals surface area contributed by atoms with Crippen LogP contribution in [0.1, 0.15) is 23.1 Å². The Hall–Kier alpha value is -3.09. The number of anilines is 1. The number of halogens is 1. The van der Waals surface area contributed by atoms with Crippen molar-refractivity contribution >= 4 is 17.2 Å². The Balaban J connectivity index is 2.04. The molecule has 0 radical (unpaired) electrons. The number of ether oxygens (including phenoxy) is 2. The highest BCUT2D eigenvalue weighted by Gasteiger charge is 2.20. The van der Waals surface area contributed by atoms with Crippen LogP contribution in [0, 0.1) is 5.82 Å². The molecule has 1 aromatic carbocycles. The van der Waals surface area contributed by atoms with Crippen molar-refractivity contribution in [2.45, 2.75) is 13.3 Å². The predicted molar refractivity (Wildman–Crippen MR) is 92.0 cm³/mol. The van der Waals surface area contributed by atoms with E-state index >= 15 is 0 Å².